The highest BCUT2D eigenvalue weighted by atomic mass is 16.5. The molecule has 2 heterocycles. The third-order valence-corrected chi connectivity index (χ3v) is 2.81. The maximum Gasteiger partial charge on any atom is 0.341 e. The second-order valence-corrected chi connectivity index (χ2v) is 4.34. The Morgan fingerprint density at radius 3 is 2.86 bits per heavy atom. The monoisotopic (exact) mass is 297 g/mol. The molecule has 3 aromatic rings. The minimum absolute atomic E-state index is 0.250. The van der Waals surface area contributed by atoms with Gasteiger partial charge in [0.1, 0.15) is 5.75 Å². The lowest BCUT2D eigenvalue weighted by Gasteiger charge is -2.06. The molecule has 2 aromatic heterocycles. The van der Waals surface area contributed by atoms with Gasteiger partial charge in [-0.2, -0.15) is 4.98 Å². The highest BCUT2D eigenvalue weighted by Crippen LogP contribution is 2.29. The van der Waals surface area contributed by atoms with Gasteiger partial charge in [-0.05, 0) is 24.3 Å². The standard InChI is InChI=1S/C15H11N3O4/c19-13(20)9-21-12-6-2-1-5-11(12)15-17-14(18-22-15)10-4-3-7-16-8-10/h1-8H,9H2,(H,19,20). The Morgan fingerprint density at radius 1 is 1.23 bits per heavy atom. The van der Waals surface area contributed by atoms with E-state index in [4.69, 9.17) is 14.4 Å². The summed E-state index contributed by atoms with van der Waals surface area (Å²) in [6, 6.07) is 10.5. The van der Waals surface area contributed by atoms with Gasteiger partial charge in [-0.15, -0.1) is 0 Å². The number of carbonyl (C=O) groups is 1. The summed E-state index contributed by atoms with van der Waals surface area (Å²) in [4.78, 5) is 18.9. The van der Waals surface area contributed by atoms with Crippen molar-refractivity contribution in [2.45, 2.75) is 0 Å². The van der Waals surface area contributed by atoms with Crippen molar-refractivity contribution in [3.8, 4) is 28.6 Å². The molecule has 1 N–H and O–H groups in total. The van der Waals surface area contributed by atoms with Crippen LogP contribution in [0, 0.1) is 0 Å². The van der Waals surface area contributed by atoms with Gasteiger partial charge in [0.25, 0.3) is 5.89 Å². The van der Waals surface area contributed by atoms with Crippen molar-refractivity contribution in [3.05, 3.63) is 48.8 Å². The third kappa shape index (κ3) is 2.93. The lowest BCUT2D eigenvalue weighted by molar-refractivity contribution is -0.139. The predicted molar refractivity (Wildman–Crippen MR) is 76.1 cm³/mol. The van der Waals surface area contributed by atoms with Gasteiger partial charge in [-0.25, -0.2) is 4.79 Å². The van der Waals surface area contributed by atoms with E-state index in [1.54, 1.807) is 42.7 Å². The van der Waals surface area contributed by atoms with Gasteiger partial charge >= 0.3 is 5.97 Å². The summed E-state index contributed by atoms with van der Waals surface area (Å²) >= 11 is 0. The van der Waals surface area contributed by atoms with Crippen molar-refractivity contribution < 1.29 is 19.2 Å². The maximum atomic E-state index is 10.6. The SMILES string of the molecule is O=C(O)COc1ccccc1-c1nc(-c2cccnc2)no1. The molecule has 0 unspecified atom stereocenters. The van der Waals surface area contributed by atoms with E-state index < -0.39 is 12.6 Å². The lowest BCUT2D eigenvalue weighted by atomic mass is 10.2. The Morgan fingerprint density at radius 2 is 2.09 bits per heavy atom. The van der Waals surface area contributed by atoms with E-state index in [1.807, 2.05) is 6.07 Å². The molecule has 7 nitrogen and oxygen atoms in total. The number of aromatic nitrogens is 3. The Kier molecular flexibility index (Phi) is 3.78. The van der Waals surface area contributed by atoms with E-state index in [1.165, 1.54) is 0 Å². The second kappa shape index (κ2) is 6.04. The molecule has 0 saturated carbocycles. The van der Waals surface area contributed by atoms with Crippen molar-refractivity contribution in [2.24, 2.45) is 0 Å². The first-order valence-corrected chi connectivity index (χ1v) is 6.42. The average Bonchev–Trinajstić information content (AvgIpc) is 3.04. The van der Waals surface area contributed by atoms with Gasteiger partial charge in [0.2, 0.25) is 5.82 Å². The molecule has 1 aromatic carbocycles. The van der Waals surface area contributed by atoms with Gasteiger partial charge in [0.15, 0.2) is 6.61 Å². The molecule has 0 bridgehead atoms. The molecule has 0 fully saturated rings. The fourth-order valence-corrected chi connectivity index (χ4v) is 1.85. The Bertz CT molecular complexity index is 786. The Hall–Kier alpha value is -3.22. The number of rotatable bonds is 5. The molecule has 0 radical (unpaired) electrons. The molecule has 0 aliphatic rings. The minimum atomic E-state index is -1.06. The largest absolute Gasteiger partial charge is 0.481 e. The lowest BCUT2D eigenvalue weighted by Crippen LogP contribution is -2.09. The van der Waals surface area contributed by atoms with E-state index in [9.17, 15) is 4.79 Å². The van der Waals surface area contributed by atoms with Crippen molar-refractivity contribution in [1.29, 1.82) is 0 Å². The van der Waals surface area contributed by atoms with Crippen LogP contribution in [0.4, 0.5) is 0 Å². The molecule has 3 rings (SSSR count). The number of carboxylic acids is 1. The van der Waals surface area contributed by atoms with E-state index in [0.29, 0.717) is 17.1 Å². The van der Waals surface area contributed by atoms with E-state index in [0.717, 1.165) is 5.56 Å². The Labute approximate surface area is 125 Å². The summed E-state index contributed by atoms with van der Waals surface area (Å²) in [6.07, 6.45) is 3.28. The molecule has 0 atom stereocenters. The number of hydrogen-bond donors (Lipinski definition) is 1. The second-order valence-electron chi connectivity index (χ2n) is 4.34. The van der Waals surface area contributed by atoms with Crippen LogP contribution in [0.2, 0.25) is 0 Å². The molecule has 0 amide bonds. The molecule has 22 heavy (non-hydrogen) atoms. The number of carboxylic acid groups (broad SMARTS) is 1. The van der Waals surface area contributed by atoms with Crippen molar-refractivity contribution in [1.82, 2.24) is 15.1 Å². The van der Waals surface area contributed by atoms with Gasteiger partial charge < -0.3 is 14.4 Å². The summed E-state index contributed by atoms with van der Waals surface area (Å²) in [5.41, 5.74) is 1.26. The first kappa shape index (κ1) is 13.7. The molecule has 0 aliphatic heterocycles. The number of pyridine rings is 1. The zero-order valence-electron chi connectivity index (χ0n) is 11.3. The van der Waals surface area contributed by atoms with Crippen LogP contribution in [0.1, 0.15) is 0 Å². The van der Waals surface area contributed by atoms with Crippen molar-refractivity contribution in [3.63, 3.8) is 0 Å². The average molecular weight is 297 g/mol. The number of para-hydroxylation sites is 1. The fraction of sp³-hybridized carbons (Fsp3) is 0.0667. The van der Waals surface area contributed by atoms with E-state index >= 15 is 0 Å². The summed E-state index contributed by atoms with van der Waals surface area (Å²) in [5, 5.41) is 12.6. The van der Waals surface area contributed by atoms with Crippen LogP contribution in [-0.2, 0) is 4.79 Å². The van der Waals surface area contributed by atoms with Gasteiger partial charge in [0.05, 0.1) is 5.56 Å². The molecule has 110 valence electrons. The highest BCUT2D eigenvalue weighted by Gasteiger charge is 2.15. The molecule has 0 saturated heterocycles. The van der Waals surface area contributed by atoms with Gasteiger partial charge in [-0.3, -0.25) is 4.98 Å². The van der Waals surface area contributed by atoms with Crippen LogP contribution >= 0.6 is 0 Å². The van der Waals surface area contributed by atoms with Crippen LogP contribution in [0.25, 0.3) is 22.8 Å². The first-order chi connectivity index (χ1) is 10.7. The molecule has 7 heteroatoms. The number of ether oxygens (including phenoxy) is 1. The summed E-state index contributed by atoms with van der Waals surface area (Å²) < 4.78 is 10.5. The van der Waals surface area contributed by atoms with Crippen LogP contribution in [0.3, 0.4) is 0 Å². The number of benzene rings is 1. The van der Waals surface area contributed by atoms with Crippen LogP contribution < -0.4 is 4.74 Å². The minimum Gasteiger partial charge on any atom is -0.481 e. The van der Waals surface area contributed by atoms with E-state index in [-0.39, 0.29) is 5.89 Å². The van der Waals surface area contributed by atoms with Gasteiger partial charge in [0, 0.05) is 18.0 Å². The highest BCUT2D eigenvalue weighted by molar-refractivity contribution is 5.70. The molecule has 0 spiro atoms. The smallest absolute Gasteiger partial charge is 0.341 e. The number of hydrogen-bond acceptors (Lipinski definition) is 6. The van der Waals surface area contributed by atoms with Crippen LogP contribution in [-0.4, -0.2) is 32.8 Å². The molecular formula is C15H11N3O4. The number of nitrogens with zero attached hydrogens (tertiary/aromatic N) is 3. The summed E-state index contributed by atoms with van der Waals surface area (Å²) in [7, 11) is 0. The van der Waals surface area contributed by atoms with Crippen LogP contribution in [0.5, 0.6) is 5.75 Å². The van der Waals surface area contributed by atoms with Crippen molar-refractivity contribution >= 4 is 5.97 Å². The zero-order chi connectivity index (χ0) is 15.4. The summed E-state index contributed by atoms with van der Waals surface area (Å²) in [5.74, 6) is -0.0429. The molecular weight excluding hydrogens is 286 g/mol. The maximum absolute atomic E-state index is 10.6. The summed E-state index contributed by atoms with van der Waals surface area (Å²) in [6.45, 7) is -0.444. The third-order valence-electron chi connectivity index (χ3n) is 2.81. The Balaban J connectivity index is 1.92. The normalized spacial score (nSPS) is 10.4. The quantitative estimate of drug-likeness (QED) is 0.771. The van der Waals surface area contributed by atoms with E-state index in [2.05, 4.69) is 15.1 Å². The topological polar surface area (TPSA) is 98.3 Å². The fourth-order valence-electron chi connectivity index (χ4n) is 1.85. The first-order valence-electron chi connectivity index (χ1n) is 6.42. The molecule has 0 aliphatic carbocycles. The number of aliphatic carboxylic acids is 1. The van der Waals surface area contributed by atoms with Crippen molar-refractivity contribution in [2.75, 3.05) is 6.61 Å². The van der Waals surface area contributed by atoms with Crippen LogP contribution in [0.15, 0.2) is 53.3 Å². The van der Waals surface area contributed by atoms with Gasteiger partial charge in [-0.1, -0.05) is 17.3 Å². The zero-order valence-corrected chi connectivity index (χ0v) is 11.3. The predicted octanol–water partition coefficient (Wildman–Crippen LogP) is 2.26.